The van der Waals surface area contributed by atoms with E-state index < -0.39 is 47.3 Å². The minimum Gasteiger partial charge on any atom is -0.346 e. The molecule has 12 N–H and O–H groups in total. The van der Waals surface area contributed by atoms with Gasteiger partial charge in [-0.3, -0.25) is 28.8 Å². The van der Waals surface area contributed by atoms with Crippen molar-refractivity contribution in [1.29, 1.82) is 0 Å². The van der Waals surface area contributed by atoms with Gasteiger partial charge < -0.3 is 44.2 Å². The first-order valence-electron chi connectivity index (χ1n) is 11.5. The predicted molar refractivity (Wildman–Crippen MR) is 137 cm³/mol. The van der Waals surface area contributed by atoms with E-state index in [2.05, 4.69) is 21.3 Å². The number of nitrogens with one attached hydrogen (secondary N) is 4. The highest BCUT2D eigenvalue weighted by Crippen LogP contribution is 2.31. The predicted octanol–water partition coefficient (Wildman–Crippen LogP) is -2.86. The first-order valence-corrected chi connectivity index (χ1v) is 11.5. The van der Waals surface area contributed by atoms with Gasteiger partial charge in [-0.1, -0.05) is 0 Å². The van der Waals surface area contributed by atoms with Crippen molar-refractivity contribution in [1.82, 2.24) is 10.6 Å². The highest BCUT2D eigenvalue weighted by atomic mass is 16.2. The molecule has 0 radical (unpaired) electrons. The van der Waals surface area contributed by atoms with Crippen molar-refractivity contribution in [3.63, 3.8) is 0 Å². The second-order valence-electron chi connectivity index (χ2n) is 8.40. The molecule has 200 valence electrons. The number of anilines is 2. The number of rotatable bonds is 10. The zero-order valence-corrected chi connectivity index (χ0v) is 20.2. The normalized spacial score (nSPS) is 13.5. The topological polar surface area (TPSA) is 255 Å². The van der Waals surface area contributed by atoms with Gasteiger partial charge in [0.1, 0.15) is 0 Å². The Labute approximate surface area is 216 Å². The van der Waals surface area contributed by atoms with Crippen LogP contribution in [0.3, 0.4) is 0 Å². The minimum absolute atomic E-state index is 0.0770. The molecule has 4 amide bonds. The van der Waals surface area contributed by atoms with E-state index in [0.29, 0.717) is 0 Å². The Kier molecular flexibility index (Phi) is 8.98. The molecule has 2 aromatic carbocycles. The van der Waals surface area contributed by atoms with Crippen LogP contribution in [0.4, 0.5) is 11.4 Å². The van der Waals surface area contributed by atoms with Crippen LogP contribution in [0, 0.1) is 0 Å². The van der Waals surface area contributed by atoms with Crippen LogP contribution < -0.4 is 44.2 Å². The van der Waals surface area contributed by atoms with Crippen molar-refractivity contribution in [2.75, 3.05) is 36.8 Å². The van der Waals surface area contributed by atoms with Crippen LogP contribution in [0.15, 0.2) is 36.4 Å². The fourth-order valence-corrected chi connectivity index (χ4v) is 3.53. The molecule has 0 fully saturated rings. The van der Waals surface area contributed by atoms with Crippen molar-refractivity contribution in [2.24, 2.45) is 22.9 Å². The molecule has 0 spiro atoms. The molecule has 2 aromatic rings. The van der Waals surface area contributed by atoms with E-state index in [-0.39, 0.29) is 59.8 Å². The van der Waals surface area contributed by atoms with Crippen LogP contribution in [0.2, 0.25) is 0 Å². The number of ketones is 2. The molecule has 3 rings (SSSR count). The molecule has 0 aromatic heterocycles. The van der Waals surface area contributed by atoms with E-state index in [1.54, 1.807) is 0 Å². The van der Waals surface area contributed by atoms with Crippen molar-refractivity contribution in [3.05, 3.63) is 58.7 Å². The number of carbonyl (C=O) groups is 6. The number of benzene rings is 2. The number of nitrogens with two attached hydrogens (primary N) is 4. The second kappa shape index (κ2) is 12.2. The fraction of sp³-hybridized carbons (Fsp3) is 0.250. The quantitative estimate of drug-likeness (QED) is 0.135. The van der Waals surface area contributed by atoms with Crippen LogP contribution in [-0.2, 0) is 19.2 Å². The van der Waals surface area contributed by atoms with E-state index in [4.69, 9.17) is 22.9 Å². The van der Waals surface area contributed by atoms with Crippen molar-refractivity contribution >= 4 is 46.6 Å². The van der Waals surface area contributed by atoms with Gasteiger partial charge in [-0.15, -0.1) is 0 Å². The molecular weight excluding hydrogens is 496 g/mol. The fourth-order valence-electron chi connectivity index (χ4n) is 3.53. The van der Waals surface area contributed by atoms with Gasteiger partial charge in [0.2, 0.25) is 23.6 Å². The van der Waals surface area contributed by atoms with Crippen LogP contribution in [0.25, 0.3) is 0 Å². The molecule has 2 atom stereocenters. The van der Waals surface area contributed by atoms with Crippen molar-refractivity contribution in [2.45, 2.75) is 12.1 Å². The third kappa shape index (κ3) is 6.43. The van der Waals surface area contributed by atoms with Crippen molar-refractivity contribution in [3.8, 4) is 0 Å². The summed E-state index contributed by atoms with van der Waals surface area (Å²) in [5.74, 6) is -3.20. The lowest BCUT2D eigenvalue weighted by Gasteiger charge is -2.19. The maximum atomic E-state index is 13.1. The average Bonchev–Trinajstić information content (AvgIpc) is 2.92. The molecule has 0 bridgehead atoms. The summed E-state index contributed by atoms with van der Waals surface area (Å²) in [5, 5.41) is 9.78. The standard InChI is InChI=1S/C24H28N8O6/c25-7-17(27)23(37)29-9-19(33)31-11-1-3-13-15(5-11)22(36)14-4-2-12(6-16(14)21(13)35)32-20(34)10-30-24(38)18(28)8-26/h1-6,17-18H,7-10,25-28H2,(H,29,37)(H,30,38)(H,31,33)(H,32,34). The molecule has 0 saturated heterocycles. The summed E-state index contributed by atoms with van der Waals surface area (Å²) in [4.78, 5) is 73.9. The summed E-state index contributed by atoms with van der Waals surface area (Å²) in [7, 11) is 0. The SMILES string of the molecule is NCC(N)C(=O)NCC(=O)Nc1ccc2c(c1)C(=O)c1ccc(NC(=O)CNC(=O)C(N)CN)cc1C2=O. The largest absolute Gasteiger partial charge is 0.346 e. The van der Waals surface area contributed by atoms with E-state index in [0.717, 1.165) is 0 Å². The minimum atomic E-state index is -0.940. The molecule has 14 heteroatoms. The maximum absolute atomic E-state index is 13.1. The van der Waals surface area contributed by atoms with Gasteiger partial charge in [0, 0.05) is 46.7 Å². The van der Waals surface area contributed by atoms with Gasteiger partial charge in [0.15, 0.2) is 11.6 Å². The van der Waals surface area contributed by atoms with Gasteiger partial charge >= 0.3 is 0 Å². The Balaban J connectivity index is 1.69. The summed E-state index contributed by atoms with van der Waals surface area (Å²) in [6, 6.07) is 6.55. The molecule has 38 heavy (non-hydrogen) atoms. The smallest absolute Gasteiger partial charge is 0.243 e. The van der Waals surface area contributed by atoms with E-state index >= 15 is 0 Å². The van der Waals surface area contributed by atoms with Gasteiger partial charge in [0.05, 0.1) is 25.2 Å². The van der Waals surface area contributed by atoms with Gasteiger partial charge in [-0.05, 0) is 36.4 Å². The average molecular weight is 525 g/mol. The summed E-state index contributed by atoms with van der Waals surface area (Å²) >= 11 is 0. The molecule has 14 nitrogen and oxygen atoms in total. The number of hydrogen-bond acceptors (Lipinski definition) is 10. The van der Waals surface area contributed by atoms with E-state index in [9.17, 15) is 28.8 Å². The van der Waals surface area contributed by atoms with E-state index in [1.165, 1.54) is 36.4 Å². The molecular formula is C24H28N8O6. The van der Waals surface area contributed by atoms with Crippen LogP contribution >= 0.6 is 0 Å². The summed E-state index contributed by atoms with van der Waals surface area (Å²) < 4.78 is 0. The first kappa shape index (κ1) is 28.1. The third-order valence-electron chi connectivity index (χ3n) is 5.61. The Morgan fingerprint density at radius 3 is 1.34 bits per heavy atom. The Morgan fingerprint density at radius 1 is 0.632 bits per heavy atom. The Hall–Kier alpha value is -4.50. The van der Waals surface area contributed by atoms with Crippen LogP contribution in [0.5, 0.6) is 0 Å². The van der Waals surface area contributed by atoms with Crippen molar-refractivity contribution < 1.29 is 28.8 Å². The van der Waals surface area contributed by atoms with E-state index in [1.807, 2.05) is 0 Å². The van der Waals surface area contributed by atoms with Gasteiger partial charge in [0.25, 0.3) is 0 Å². The summed E-state index contributed by atoms with van der Waals surface area (Å²) in [5.41, 5.74) is 22.5. The molecule has 0 aliphatic heterocycles. The molecule has 1 aliphatic rings. The number of hydrogen-bond donors (Lipinski definition) is 8. The second-order valence-corrected chi connectivity index (χ2v) is 8.40. The monoisotopic (exact) mass is 524 g/mol. The van der Waals surface area contributed by atoms with Gasteiger partial charge in [-0.25, -0.2) is 0 Å². The zero-order chi connectivity index (χ0) is 28.0. The third-order valence-corrected chi connectivity index (χ3v) is 5.61. The lowest BCUT2D eigenvalue weighted by Crippen LogP contribution is -2.47. The maximum Gasteiger partial charge on any atom is 0.243 e. The van der Waals surface area contributed by atoms with Gasteiger partial charge in [-0.2, -0.15) is 0 Å². The molecule has 1 aliphatic carbocycles. The zero-order valence-electron chi connectivity index (χ0n) is 20.2. The summed E-state index contributed by atoms with van der Waals surface area (Å²) in [6.45, 7) is -0.882. The Bertz CT molecular complexity index is 1210. The van der Waals surface area contributed by atoms with Crippen LogP contribution in [-0.4, -0.2) is 73.5 Å². The number of fused-ring (bicyclic) bond motifs is 2. The molecule has 2 unspecified atom stereocenters. The molecule has 0 saturated carbocycles. The highest BCUT2D eigenvalue weighted by Gasteiger charge is 2.30. The summed E-state index contributed by atoms with van der Waals surface area (Å²) in [6.07, 6.45) is 0. The lowest BCUT2D eigenvalue weighted by atomic mass is 9.83. The lowest BCUT2D eigenvalue weighted by molar-refractivity contribution is -0.125. The highest BCUT2D eigenvalue weighted by molar-refractivity contribution is 6.29. The molecule has 0 heterocycles. The van der Waals surface area contributed by atoms with Crippen LogP contribution in [0.1, 0.15) is 31.8 Å². The Morgan fingerprint density at radius 2 is 1.00 bits per heavy atom. The first-order chi connectivity index (χ1) is 18.0. The number of carbonyl (C=O) groups excluding carboxylic acids is 6. The number of amides is 4.